The van der Waals surface area contributed by atoms with E-state index in [1.807, 2.05) is 12.3 Å². The van der Waals surface area contributed by atoms with E-state index in [4.69, 9.17) is 5.73 Å². The molecule has 0 bridgehead atoms. The number of hydrogen-bond acceptors (Lipinski definition) is 2. The van der Waals surface area contributed by atoms with E-state index in [2.05, 4.69) is 30.1 Å². The number of hydrogen-bond donors (Lipinski definition) is 1. The van der Waals surface area contributed by atoms with E-state index in [9.17, 15) is 0 Å². The molecule has 0 aliphatic carbocycles. The maximum Gasteiger partial charge on any atom is 0.0617 e. The van der Waals surface area contributed by atoms with Crippen molar-refractivity contribution >= 4 is 10.8 Å². The van der Waals surface area contributed by atoms with Crippen LogP contribution in [0.4, 0.5) is 0 Å². The number of pyridine rings is 1. The van der Waals surface area contributed by atoms with Crippen molar-refractivity contribution in [2.45, 2.75) is 26.3 Å². The zero-order chi connectivity index (χ0) is 10.7. The van der Waals surface area contributed by atoms with Gasteiger partial charge in [0.2, 0.25) is 0 Å². The lowest BCUT2D eigenvalue weighted by Crippen LogP contribution is -2.00. The van der Waals surface area contributed by atoms with Crippen LogP contribution >= 0.6 is 0 Å². The fourth-order valence-corrected chi connectivity index (χ4v) is 1.90. The minimum Gasteiger partial charge on any atom is -0.325 e. The molecular formula is C13H16N2. The van der Waals surface area contributed by atoms with Crippen LogP contribution in [0, 0.1) is 0 Å². The van der Waals surface area contributed by atoms with Gasteiger partial charge in [0.05, 0.1) is 5.69 Å². The van der Waals surface area contributed by atoms with Crippen LogP contribution in [0.3, 0.4) is 0 Å². The highest BCUT2D eigenvalue weighted by atomic mass is 14.7. The van der Waals surface area contributed by atoms with Gasteiger partial charge >= 0.3 is 0 Å². The number of aromatic nitrogens is 1. The van der Waals surface area contributed by atoms with Gasteiger partial charge in [0, 0.05) is 18.1 Å². The molecule has 2 rings (SSSR count). The van der Waals surface area contributed by atoms with Crippen molar-refractivity contribution in [1.82, 2.24) is 4.98 Å². The summed E-state index contributed by atoms with van der Waals surface area (Å²) in [5, 5.41) is 2.43. The molecule has 1 heterocycles. The Hall–Kier alpha value is -1.41. The Morgan fingerprint density at radius 3 is 2.87 bits per heavy atom. The maximum atomic E-state index is 5.65. The third kappa shape index (κ3) is 2.00. The number of fused-ring (bicyclic) bond motifs is 1. The Morgan fingerprint density at radius 2 is 2.13 bits per heavy atom. The molecule has 1 aromatic heterocycles. The number of rotatable bonds is 3. The van der Waals surface area contributed by atoms with Crippen molar-refractivity contribution < 1.29 is 0 Å². The summed E-state index contributed by atoms with van der Waals surface area (Å²) in [5.74, 6) is 0. The van der Waals surface area contributed by atoms with Crippen LogP contribution < -0.4 is 5.73 Å². The van der Waals surface area contributed by atoms with E-state index in [1.165, 1.54) is 22.8 Å². The van der Waals surface area contributed by atoms with Crippen LogP contribution in [0.2, 0.25) is 0 Å². The van der Waals surface area contributed by atoms with E-state index in [1.54, 1.807) is 0 Å². The van der Waals surface area contributed by atoms with Gasteiger partial charge in [-0.25, -0.2) is 0 Å². The highest BCUT2D eigenvalue weighted by molar-refractivity contribution is 5.85. The van der Waals surface area contributed by atoms with Crippen molar-refractivity contribution in [3.63, 3.8) is 0 Å². The van der Waals surface area contributed by atoms with Gasteiger partial charge in [-0.05, 0) is 23.4 Å². The molecule has 0 atom stereocenters. The summed E-state index contributed by atoms with van der Waals surface area (Å²) in [5.41, 5.74) is 8.02. The van der Waals surface area contributed by atoms with Crippen LogP contribution in [0.1, 0.15) is 24.6 Å². The highest BCUT2D eigenvalue weighted by Crippen LogP contribution is 2.19. The van der Waals surface area contributed by atoms with Gasteiger partial charge in [0.25, 0.3) is 0 Å². The molecule has 1 aromatic carbocycles. The van der Waals surface area contributed by atoms with Crippen LogP contribution in [0.15, 0.2) is 30.5 Å². The zero-order valence-electron chi connectivity index (χ0n) is 9.03. The van der Waals surface area contributed by atoms with Crippen molar-refractivity contribution in [2.24, 2.45) is 5.73 Å². The Kier molecular flexibility index (Phi) is 2.97. The summed E-state index contributed by atoms with van der Waals surface area (Å²) in [7, 11) is 0. The summed E-state index contributed by atoms with van der Waals surface area (Å²) in [6.45, 7) is 2.70. The average Bonchev–Trinajstić information content (AvgIpc) is 2.28. The third-order valence-electron chi connectivity index (χ3n) is 2.64. The normalized spacial score (nSPS) is 10.8. The first-order valence-corrected chi connectivity index (χ1v) is 5.41. The Bertz CT molecular complexity index is 463. The largest absolute Gasteiger partial charge is 0.325 e. The van der Waals surface area contributed by atoms with E-state index in [-0.39, 0.29) is 0 Å². The summed E-state index contributed by atoms with van der Waals surface area (Å²) in [6, 6.07) is 8.59. The zero-order valence-corrected chi connectivity index (χ0v) is 9.03. The van der Waals surface area contributed by atoms with Gasteiger partial charge < -0.3 is 5.73 Å². The van der Waals surface area contributed by atoms with Crippen LogP contribution in [-0.2, 0) is 13.0 Å². The minimum atomic E-state index is 0.504. The van der Waals surface area contributed by atoms with Crippen molar-refractivity contribution in [3.05, 3.63) is 41.7 Å². The molecule has 0 amide bonds. The van der Waals surface area contributed by atoms with E-state index in [0.717, 1.165) is 12.1 Å². The molecule has 0 saturated carbocycles. The molecule has 0 unspecified atom stereocenters. The second-order valence-corrected chi connectivity index (χ2v) is 3.77. The van der Waals surface area contributed by atoms with Gasteiger partial charge in [-0.3, -0.25) is 4.98 Å². The molecule has 0 spiro atoms. The van der Waals surface area contributed by atoms with Crippen LogP contribution in [0.25, 0.3) is 10.8 Å². The highest BCUT2D eigenvalue weighted by Gasteiger charge is 2.01. The molecule has 78 valence electrons. The fraction of sp³-hybridized carbons (Fsp3) is 0.308. The number of nitrogens with two attached hydrogens (primary N) is 1. The SMILES string of the molecule is CCCc1ccc2c(CN)nccc2c1. The number of nitrogens with zero attached hydrogens (tertiary/aromatic N) is 1. The standard InChI is InChI=1S/C13H16N2/c1-2-3-10-4-5-12-11(8-10)6-7-15-13(12)9-14/h4-8H,2-3,9,14H2,1H3. The monoisotopic (exact) mass is 200 g/mol. The van der Waals surface area contributed by atoms with Gasteiger partial charge in [-0.2, -0.15) is 0 Å². The molecule has 0 aliphatic rings. The predicted octanol–water partition coefficient (Wildman–Crippen LogP) is 2.65. The predicted molar refractivity (Wildman–Crippen MR) is 63.6 cm³/mol. The minimum absolute atomic E-state index is 0.504. The molecule has 0 aliphatic heterocycles. The molecule has 0 fully saturated rings. The van der Waals surface area contributed by atoms with E-state index >= 15 is 0 Å². The Morgan fingerprint density at radius 1 is 1.27 bits per heavy atom. The molecule has 0 radical (unpaired) electrons. The van der Waals surface area contributed by atoms with Crippen molar-refractivity contribution in [2.75, 3.05) is 0 Å². The van der Waals surface area contributed by atoms with E-state index in [0.29, 0.717) is 6.54 Å². The smallest absolute Gasteiger partial charge is 0.0617 e. The van der Waals surface area contributed by atoms with Crippen molar-refractivity contribution in [1.29, 1.82) is 0 Å². The average molecular weight is 200 g/mol. The first-order chi connectivity index (χ1) is 7.35. The lowest BCUT2D eigenvalue weighted by Gasteiger charge is -2.05. The summed E-state index contributed by atoms with van der Waals surface area (Å²) in [4.78, 5) is 4.28. The molecule has 2 aromatic rings. The Balaban J connectivity index is 2.53. The van der Waals surface area contributed by atoms with Crippen molar-refractivity contribution in [3.8, 4) is 0 Å². The Labute approximate surface area is 90.1 Å². The van der Waals surface area contributed by atoms with Crippen LogP contribution in [-0.4, -0.2) is 4.98 Å². The first-order valence-electron chi connectivity index (χ1n) is 5.41. The fourth-order valence-electron chi connectivity index (χ4n) is 1.90. The number of benzene rings is 1. The van der Waals surface area contributed by atoms with Gasteiger partial charge in [0.15, 0.2) is 0 Å². The quantitative estimate of drug-likeness (QED) is 0.827. The topological polar surface area (TPSA) is 38.9 Å². The molecule has 2 N–H and O–H groups in total. The van der Waals surface area contributed by atoms with Gasteiger partial charge in [-0.15, -0.1) is 0 Å². The van der Waals surface area contributed by atoms with Gasteiger partial charge in [-0.1, -0.05) is 31.5 Å². The summed E-state index contributed by atoms with van der Waals surface area (Å²) in [6.07, 6.45) is 4.15. The first kappa shape index (κ1) is 10.1. The molecule has 2 heteroatoms. The lowest BCUT2D eigenvalue weighted by molar-refractivity contribution is 0.923. The summed E-state index contributed by atoms with van der Waals surface area (Å²) >= 11 is 0. The van der Waals surface area contributed by atoms with E-state index < -0.39 is 0 Å². The molecular weight excluding hydrogens is 184 g/mol. The van der Waals surface area contributed by atoms with Crippen LogP contribution in [0.5, 0.6) is 0 Å². The maximum absolute atomic E-state index is 5.65. The number of aryl methyl sites for hydroxylation is 1. The lowest BCUT2D eigenvalue weighted by atomic mass is 10.0. The molecule has 15 heavy (non-hydrogen) atoms. The van der Waals surface area contributed by atoms with Gasteiger partial charge in [0.1, 0.15) is 0 Å². The summed E-state index contributed by atoms with van der Waals surface area (Å²) < 4.78 is 0. The second-order valence-electron chi connectivity index (χ2n) is 3.77. The third-order valence-corrected chi connectivity index (χ3v) is 2.64. The molecule has 0 saturated heterocycles. The second kappa shape index (κ2) is 4.41. The molecule has 2 nitrogen and oxygen atoms in total.